The van der Waals surface area contributed by atoms with Gasteiger partial charge in [-0.05, 0) is 42.3 Å². The Balaban J connectivity index is 1.77. The number of amides is 1. The molecule has 3 rings (SSSR count). The van der Waals surface area contributed by atoms with E-state index in [1.165, 1.54) is 0 Å². The molecule has 1 N–H and O–H groups in total. The van der Waals surface area contributed by atoms with Crippen LogP contribution in [0.2, 0.25) is 0 Å². The molecule has 24 heavy (non-hydrogen) atoms. The SMILES string of the molecule is CCc1cnccc1C(=O)Nc1nc(-c2ccc(OC)cc2)ns1. The molecule has 0 saturated carbocycles. The topological polar surface area (TPSA) is 77.0 Å². The van der Waals surface area contributed by atoms with Crippen molar-refractivity contribution >= 4 is 22.6 Å². The largest absolute Gasteiger partial charge is 0.497 e. The molecule has 0 bridgehead atoms. The number of methoxy groups -OCH3 is 1. The van der Waals surface area contributed by atoms with Gasteiger partial charge in [-0.1, -0.05) is 6.92 Å². The molecule has 0 unspecified atom stereocenters. The first-order chi connectivity index (χ1) is 11.7. The first kappa shape index (κ1) is 16.1. The summed E-state index contributed by atoms with van der Waals surface area (Å²) in [4.78, 5) is 20.8. The highest BCUT2D eigenvalue weighted by atomic mass is 32.1. The summed E-state index contributed by atoms with van der Waals surface area (Å²) >= 11 is 1.15. The maximum atomic E-state index is 12.4. The normalized spacial score (nSPS) is 10.4. The van der Waals surface area contributed by atoms with Crippen LogP contribution >= 0.6 is 11.5 Å². The van der Waals surface area contributed by atoms with Crippen LogP contribution in [0.25, 0.3) is 11.4 Å². The smallest absolute Gasteiger partial charge is 0.257 e. The molecule has 0 saturated heterocycles. The van der Waals surface area contributed by atoms with Crippen molar-refractivity contribution in [2.75, 3.05) is 12.4 Å². The summed E-state index contributed by atoms with van der Waals surface area (Å²) in [6, 6.07) is 9.16. The highest BCUT2D eigenvalue weighted by Crippen LogP contribution is 2.23. The van der Waals surface area contributed by atoms with E-state index in [0.717, 1.165) is 34.8 Å². The lowest BCUT2D eigenvalue weighted by Crippen LogP contribution is -2.14. The molecule has 0 aliphatic heterocycles. The van der Waals surface area contributed by atoms with Crippen LogP contribution in [0.1, 0.15) is 22.8 Å². The summed E-state index contributed by atoms with van der Waals surface area (Å²) in [5, 5.41) is 3.26. The van der Waals surface area contributed by atoms with E-state index in [2.05, 4.69) is 19.7 Å². The molecular weight excluding hydrogens is 324 g/mol. The fraction of sp³-hybridized carbons (Fsp3) is 0.176. The van der Waals surface area contributed by atoms with Crippen molar-refractivity contribution in [3.05, 3.63) is 53.9 Å². The van der Waals surface area contributed by atoms with Crippen LogP contribution in [0.3, 0.4) is 0 Å². The summed E-state index contributed by atoms with van der Waals surface area (Å²) < 4.78 is 9.43. The van der Waals surface area contributed by atoms with E-state index in [9.17, 15) is 4.79 Å². The fourth-order valence-electron chi connectivity index (χ4n) is 2.23. The second-order valence-corrected chi connectivity index (χ2v) is 5.74. The van der Waals surface area contributed by atoms with Crippen molar-refractivity contribution in [1.29, 1.82) is 0 Å². The zero-order valence-electron chi connectivity index (χ0n) is 13.3. The van der Waals surface area contributed by atoms with Crippen LogP contribution in [0.15, 0.2) is 42.7 Å². The van der Waals surface area contributed by atoms with E-state index in [1.54, 1.807) is 25.6 Å². The maximum absolute atomic E-state index is 12.4. The number of carbonyl (C=O) groups excluding carboxylic acids is 1. The summed E-state index contributed by atoms with van der Waals surface area (Å²) in [6.45, 7) is 1.99. The van der Waals surface area contributed by atoms with Crippen molar-refractivity contribution in [2.24, 2.45) is 0 Å². The van der Waals surface area contributed by atoms with Gasteiger partial charge in [-0.25, -0.2) is 0 Å². The summed E-state index contributed by atoms with van der Waals surface area (Å²) in [5.41, 5.74) is 2.37. The van der Waals surface area contributed by atoms with Crippen molar-refractivity contribution in [1.82, 2.24) is 14.3 Å². The molecule has 122 valence electrons. The van der Waals surface area contributed by atoms with Gasteiger partial charge in [-0.3, -0.25) is 15.1 Å². The lowest BCUT2D eigenvalue weighted by molar-refractivity contribution is 0.102. The molecule has 1 aromatic carbocycles. The number of pyridine rings is 1. The highest BCUT2D eigenvalue weighted by molar-refractivity contribution is 7.10. The minimum absolute atomic E-state index is 0.202. The number of hydrogen-bond acceptors (Lipinski definition) is 6. The van der Waals surface area contributed by atoms with Gasteiger partial charge in [0.2, 0.25) is 5.13 Å². The zero-order valence-corrected chi connectivity index (χ0v) is 14.1. The van der Waals surface area contributed by atoms with Crippen LogP contribution in [-0.4, -0.2) is 27.4 Å². The Morgan fingerprint density at radius 1 is 1.25 bits per heavy atom. The van der Waals surface area contributed by atoms with E-state index < -0.39 is 0 Å². The van der Waals surface area contributed by atoms with E-state index in [4.69, 9.17) is 4.74 Å². The van der Waals surface area contributed by atoms with E-state index in [0.29, 0.717) is 16.5 Å². The van der Waals surface area contributed by atoms with Gasteiger partial charge in [-0.2, -0.15) is 9.36 Å². The number of benzene rings is 1. The Kier molecular flexibility index (Phi) is 4.81. The summed E-state index contributed by atoms with van der Waals surface area (Å²) in [5.74, 6) is 1.14. The zero-order chi connectivity index (χ0) is 16.9. The lowest BCUT2D eigenvalue weighted by atomic mass is 10.1. The molecule has 3 aromatic rings. The number of aryl methyl sites for hydroxylation is 1. The first-order valence-electron chi connectivity index (χ1n) is 7.43. The van der Waals surface area contributed by atoms with Gasteiger partial charge in [0.1, 0.15) is 5.75 Å². The number of carbonyl (C=O) groups is 1. The number of hydrogen-bond donors (Lipinski definition) is 1. The Morgan fingerprint density at radius 3 is 2.75 bits per heavy atom. The third-order valence-corrected chi connectivity index (χ3v) is 4.15. The molecule has 0 spiro atoms. The minimum Gasteiger partial charge on any atom is -0.497 e. The van der Waals surface area contributed by atoms with Crippen LogP contribution in [0, 0.1) is 0 Å². The number of anilines is 1. The van der Waals surface area contributed by atoms with E-state index in [-0.39, 0.29) is 5.91 Å². The number of ether oxygens (including phenoxy) is 1. The molecular formula is C17H16N4O2S. The molecule has 0 aliphatic carbocycles. The van der Waals surface area contributed by atoms with E-state index in [1.807, 2.05) is 31.2 Å². The Hall–Kier alpha value is -2.80. The van der Waals surface area contributed by atoms with Crippen LogP contribution < -0.4 is 10.1 Å². The monoisotopic (exact) mass is 340 g/mol. The fourth-order valence-corrected chi connectivity index (χ4v) is 2.81. The van der Waals surface area contributed by atoms with Gasteiger partial charge < -0.3 is 4.74 Å². The van der Waals surface area contributed by atoms with Crippen LogP contribution in [0.4, 0.5) is 5.13 Å². The molecule has 0 fully saturated rings. The first-order valence-corrected chi connectivity index (χ1v) is 8.21. The molecule has 7 heteroatoms. The molecule has 1 amide bonds. The van der Waals surface area contributed by atoms with Gasteiger partial charge >= 0.3 is 0 Å². The predicted octanol–water partition coefficient (Wildman–Crippen LogP) is 3.42. The third kappa shape index (κ3) is 3.41. The average molecular weight is 340 g/mol. The molecule has 0 radical (unpaired) electrons. The van der Waals surface area contributed by atoms with Crippen molar-refractivity contribution < 1.29 is 9.53 Å². The van der Waals surface area contributed by atoms with Crippen LogP contribution in [0.5, 0.6) is 5.75 Å². The molecule has 2 aromatic heterocycles. The molecule has 2 heterocycles. The second kappa shape index (κ2) is 7.18. The number of rotatable bonds is 5. The van der Waals surface area contributed by atoms with Crippen molar-refractivity contribution in [3.63, 3.8) is 0 Å². The van der Waals surface area contributed by atoms with Gasteiger partial charge in [0, 0.05) is 35.1 Å². The molecule has 0 aliphatic rings. The number of nitrogens with one attached hydrogen (secondary N) is 1. The number of aromatic nitrogens is 3. The summed E-state index contributed by atoms with van der Waals surface area (Å²) in [6.07, 6.45) is 4.05. The Labute approximate surface area is 143 Å². The third-order valence-electron chi connectivity index (χ3n) is 3.52. The van der Waals surface area contributed by atoms with Gasteiger partial charge in [0.05, 0.1) is 7.11 Å². The molecule has 0 atom stereocenters. The summed E-state index contributed by atoms with van der Waals surface area (Å²) in [7, 11) is 1.62. The Bertz CT molecular complexity index is 846. The van der Waals surface area contributed by atoms with Crippen LogP contribution in [-0.2, 0) is 6.42 Å². The second-order valence-electron chi connectivity index (χ2n) is 4.99. The minimum atomic E-state index is -0.202. The quantitative estimate of drug-likeness (QED) is 0.770. The van der Waals surface area contributed by atoms with Crippen molar-refractivity contribution in [3.8, 4) is 17.1 Å². The number of nitrogens with zero attached hydrogens (tertiary/aromatic N) is 3. The standard InChI is InChI=1S/C17H16N4O2S/c1-3-11-10-18-9-8-14(11)16(22)20-17-19-15(21-24-17)12-4-6-13(23-2)7-5-12/h4-10H,3H2,1-2H3,(H,19,20,21,22). The van der Waals surface area contributed by atoms with Gasteiger partial charge in [0.25, 0.3) is 5.91 Å². The average Bonchev–Trinajstić information content (AvgIpc) is 3.10. The lowest BCUT2D eigenvalue weighted by Gasteiger charge is -2.05. The highest BCUT2D eigenvalue weighted by Gasteiger charge is 2.14. The van der Waals surface area contributed by atoms with Gasteiger partial charge in [0.15, 0.2) is 5.82 Å². The molecule has 6 nitrogen and oxygen atoms in total. The van der Waals surface area contributed by atoms with E-state index >= 15 is 0 Å². The van der Waals surface area contributed by atoms with Crippen molar-refractivity contribution in [2.45, 2.75) is 13.3 Å². The van der Waals surface area contributed by atoms with Gasteiger partial charge in [-0.15, -0.1) is 0 Å². The predicted molar refractivity (Wildman–Crippen MR) is 93.5 cm³/mol. The maximum Gasteiger partial charge on any atom is 0.257 e. The Morgan fingerprint density at radius 2 is 2.04 bits per heavy atom.